The first-order valence-corrected chi connectivity index (χ1v) is 19.3. The number of halogens is 2. The molecule has 0 bridgehead atoms. The average Bonchev–Trinajstić information content (AvgIpc) is 3.64. The van der Waals surface area contributed by atoms with E-state index in [1.807, 2.05) is 24.3 Å². The van der Waals surface area contributed by atoms with Crippen LogP contribution in [-0.4, -0.2) is 46.5 Å². The first-order chi connectivity index (χ1) is 25.5. The van der Waals surface area contributed by atoms with Gasteiger partial charge in [-0.1, -0.05) is 55.5 Å². The average molecular weight is 709 g/mol. The second kappa shape index (κ2) is 12.8. The zero-order chi connectivity index (χ0) is 36.6. The molecule has 2 aromatic heterocycles. The molecule has 9 rings (SSSR count). The Labute approximate surface area is 312 Å². The van der Waals surface area contributed by atoms with E-state index in [0.717, 1.165) is 76.0 Å². The summed E-state index contributed by atoms with van der Waals surface area (Å²) < 4.78 is 30.4. The van der Waals surface area contributed by atoms with Gasteiger partial charge in [0, 0.05) is 82.7 Å². The fraction of sp³-hybridized carbons (Fsp3) is 0.362. The first-order valence-electron chi connectivity index (χ1n) is 19.3. The van der Waals surface area contributed by atoms with Crippen molar-refractivity contribution in [1.82, 2.24) is 19.4 Å². The Morgan fingerprint density at radius 3 is 2.34 bits per heavy atom. The molecular formula is C47H50F2N4. The molecule has 0 saturated heterocycles. The van der Waals surface area contributed by atoms with Gasteiger partial charge in [0.2, 0.25) is 0 Å². The minimum atomic E-state index is -0.221. The molecule has 0 saturated carbocycles. The summed E-state index contributed by atoms with van der Waals surface area (Å²) in [7, 11) is 4.50. The van der Waals surface area contributed by atoms with Crippen LogP contribution in [0, 0.1) is 18.6 Å². The van der Waals surface area contributed by atoms with Crippen LogP contribution in [-0.2, 0) is 36.9 Å². The largest absolute Gasteiger partial charge is 0.358 e. The number of hydrogen-bond acceptors (Lipinski definition) is 2. The number of aryl methyl sites for hydroxylation is 2. The zero-order valence-corrected chi connectivity index (χ0v) is 31.5. The van der Waals surface area contributed by atoms with E-state index in [1.54, 1.807) is 24.3 Å². The molecule has 1 N–H and O–H groups in total. The SMILES string of the molecule is C=C(CC1(CCCc2ccc3c(c2)c2c4n3CC(c3ccc(F)cc3)CC4(C)CN(C)C2)CN(C)Cc2c1[nH]c1ccc(C)cc21)c1ccc(F)cc1. The molecule has 53 heavy (non-hydrogen) atoms. The lowest BCUT2D eigenvalue weighted by Crippen LogP contribution is -2.47. The summed E-state index contributed by atoms with van der Waals surface area (Å²) >= 11 is 0. The fourth-order valence-electron chi connectivity index (χ4n) is 10.8. The van der Waals surface area contributed by atoms with E-state index in [0.29, 0.717) is 5.92 Å². The predicted octanol–water partition coefficient (Wildman–Crippen LogP) is 10.4. The standard InChI is InChI=1S/C47H50F2N4/c1-30-8-18-42-38(21-30)40-26-52(5)29-47(44(40)50-42,23-31(2)33-10-14-36(48)15-11-33)20-6-7-32-9-19-43-39(22-32)41-27-51(4)28-46(3)24-35(25-53(43)45(41)46)34-12-16-37(49)17-13-34/h8-19,21-22,35,50H,2,6-7,20,23-29H2,1,3-5H3. The van der Waals surface area contributed by atoms with E-state index >= 15 is 0 Å². The van der Waals surface area contributed by atoms with Gasteiger partial charge >= 0.3 is 0 Å². The van der Waals surface area contributed by atoms with Crippen LogP contribution < -0.4 is 0 Å². The third-order valence-corrected chi connectivity index (χ3v) is 12.8. The van der Waals surface area contributed by atoms with Crippen molar-refractivity contribution in [3.63, 3.8) is 0 Å². The van der Waals surface area contributed by atoms with Crippen molar-refractivity contribution in [1.29, 1.82) is 0 Å². The van der Waals surface area contributed by atoms with E-state index < -0.39 is 0 Å². The maximum atomic E-state index is 13.9. The van der Waals surface area contributed by atoms with Crippen LogP contribution in [0.5, 0.6) is 0 Å². The number of hydrogen-bond donors (Lipinski definition) is 1. The zero-order valence-electron chi connectivity index (χ0n) is 31.5. The quantitative estimate of drug-likeness (QED) is 0.170. The van der Waals surface area contributed by atoms with E-state index in [1.165, 1.54) is 61.0 Å². The summed E-state index contributed by atoms with van der Waals surface area (Å²) in [4.78, 5) is 8.88. The number of benzene rings is 4. The van der Waals surface area contributed by atoms with Crippen LogP contribution in [0.1, 0.15) is 83.3 Å². The Kier molecular flexibility index (Phi) is 8.28. The minimum Gasteiger partial charge on any atom is -0.358 e. The molecule has 6 aromatic rings. The molecule has 4 nitrogen and oxygen atoms in total. The monoisotopic (exact) mass is 708 g/mol. The highest BCUT2D eigenvalue weighted by atomic mass is 19.1. The van der Waals surface area contributed by atoms with E-state index in [9.17, 15) is 8.78 Å². The van der Waals surface area contributed by atoms with E-state index in [4.69, 9.17) is 0 Å². The van der Waals surface area contributed by atoms with Gasteiger partial charge in [-0.05, 0) is 135 Å². The number of likely N-dealkylation sites (N-methyl/N-ethyl adjacent to an activating group) is 2. The third kappa shape index (κ3) is 5.95. The molecule has 0 amide bonds. The summed E-state index contributed by atoms with van der Waals surface area (Å²) in [5.74, 6) is -0.0529. The fourth-order valence-corrected chi connectivity index (χ4v) is 10.8. The maximum absolute atomic E-state index is 13.9. The van der Waals surface area contributed by atoms with Crippen LogP contribution in [0.2, 0.25) is 0 Å². The van der Waals surface area contributed by atoms with Gasteiger partial charge in [0.25, 0.3) is 0 Å². The van der Waals surface area contributed by atoms with Crippen molar-refractivity contribution in [3.8, 4) is 0 Å². The number of aromatic nitrogens is 2. The molecule has 0 radical (unpaired) electrons. The molecule has 272 valence electrons. The molecule has 0 aliphatic carbocycles. The van der Waals surface area contributed by atoms with Crippen LogP contribution >= 0.6 is 0 Å². The van der Waals surface area contributed by atoms with Gasteiger partial charge in [-0.2, -0.15) is 0 Å². The van der Waals surface area contributed by atoms with Crippen LogP contribution in [0.4, 0.5) is 8.78 Å². The number of allylic oxidation sites excluding steroid dienone is 1. The van der Waals surface area contributed by atoms with Crippen LogP contribution in [0.3, 0.4) is 0 Å². The Hall–Kier alpha value is -4.52. The maximum Gasteiger partial charge on any atom is 0.123 e. The van der Waals surface area contributed by atoms with Crippen molar-refractivity contribution in [2.75, 3.05) is 27.2 Å². The van der Waals surface area contributed by atoms with Crippen molar-refractivity contribution in [3.05, 3.63) is 148 Å². The Morgan fingerprint density at radius 1 is 0.849 bits per heavy atom. The highest BCUT2D eigenvalue weighted by Gasteiger charge is 2.45. The lowest BCUT2D eigenvalue weighted by Gasteiger charge is -2.46. The van der Waals surface area contributed by atoms with Gasteiger partial charge in [-0.25, -0.2) is 8.78 Å². The van der Waals surface area contributed by atoms with Gasteiger partial charge in [-0.3, -0.25) is 0 Å². The Morgan fingerprint density at radius 2 is 1.57 bits per heavy atom. The lowest BCUT2D eigenvalue weighted by molar-refractivity contribution is 0.177. The Balaban J connectivity index is 1.05. The van der Waals surface area contributed by atoms with Gasteiger partial charge in [0.05, 0.1) is 0 Å². The lowest BCUT2D eigenvalue weighted by atomic mass is 9.70. The van der Waals surface area contributed by atoms with Gasteiger partial charge < -0.3 is 19.4 Å². The summed E-state index contributed by atoms with van der Waals surface area (Å²) in [6.07, 6.45) is 4.90. The summed E-state index contributed by atoms with van der Waals surface area (Å²) in [5.41, 5.74) is 14.1. The molecule has 3 aliphatic heterocycles. The van der Waals surface area contributed by atoms with Gasteiger partial charge in [0.15, 0.2) is 0 Å². The summed E-state index contributed by atoms with van der Waals surface area (Å²) in [6, 6.07) is 28.0. The second-order valence-corrected chi connectivity index (χ2v) is 17.1. The molecule has 6 heteroatoms. The topological polar surface area (TPSA) is 27.2 Å². The van der Waals surface area contributed by atoms with Gasteiger partial charge in [0.1, 0.15) is 11.6 Å². The highest BCUT2D eigenvalue weighted by molar-refractivity contribution is 5.88. The highest BCUT2D eigenvalue weighted by Crippen LogP contribution is 2.50. The molecule has 3 aliphatic rings. The summed E-state index contributed by atoms with van der Waals surface area (Å²) in [5, 5.41) is 2.71. The number of nitrogens with one attached hydrogen (secondary N) is 1. The van der Waals surface area contributed by atoms with Crippen molar-refractivity contribution >= 4 is 27.4 Å². The van der Waals surface area contributed by atoms with Crippen molar-refractivity contribution < 1.29 is 8.78 Å². The number of H-pyrrole nitrogens is 1. The first kappa shape index (κ1) is 34.3. The second-order valence-electron chi connectivity index (χ2n) is 17.1. The molecule has 3 atom stereocenters. The molecule has 4 aromatic carbocycles. The van der Waals surface area contributed by atoms with Crippen LogP contribution in [0.15, 0.2) is 91.5 Å². The van der Waals surface area contributed by atoms with E-state index in [2.05, 4.69) is 90.3 Å². The molecular weight excluding hydrogens is 659 g/mol. The number of aromatic amines is 1. The minimum absolute atomic E-state index is 0.0287. The molecule has 0 spiro atoms. The number of nitrogens with zero attached hydrogens (tertiary/aromatic N) is 3. The van der Waals surface area contributed by atoms with Crippen molar-refractivity contribution in [2.24, 2.45) is 0 Å². The van der Waals surface area contributed by atoms with Crippen LogP contribution in [0.25, 0.3) is 27.4 Å². The molecule has 0 fully saturated rings. The van der Waals surface area contributed by atoms with Gasteiger partial charge in [-0.15, -0.1) is 0 Å². The number of rotatable bonds is 8. The van der Waals surface area contributed by atoms with Crippen molar-refractivity contribution in [2.45, 2.75) is 82.3 Å². The summed E-state index contributed by atoms with van der Waals surface area (Å²) in [6.45, 7) is 14.0. The molecule has 3 unspecified atom stereocenters. The normalized spacial score (nSPS) is 23.0. The smallest absolute Gasteiger partial charge is 0.123 e. The van der Waals surface area contributed by atoms with E-state index in [-0.39, 0.29) is 22.5 Å². The predicted molar refractivity (Wildman–Crippen MR) is 213 cm³/mol. The molecule has 5 heterocycles. The number of fused-ring (bicyclic) bond motifs is 6. The Bertz CT molecular complexity index is 2370. The third-order valence-electron chi connectivity index (χ3n) is 12.8.